The number of carbonyl (C=O) groups is 2. The maximum atomic E-state index is 10.9. The second kappa shape index (κ2) is 6.37. The molecule has 0 heterocycles. The van der Waals surface area contributed by atoms with Crippen LogP contribution >= 0.6 is 0 Å². The predicted molar refractivity (Wildman–Crippen MR) is 60.6 cm³/mol. The summed E-state index contributed by atoms with van der Waals surface area (Å²) in [6.45, 7) is 0.578. The van der Waals surface area contributed by atoms with Gasteiger partial charge in [0, 0.05) is 13.1 Å². The molecule has 1 rings (SSSR count). The third-order valence-corrected chi connectivity index (χ3v) is 2.06. The van der Waals surface area contributed by atoms with E-state index >= 15 is 0 Å². The highest BCUT2D eigenvalue weighted by Gasteiger charge is 2.01. The molecule has 6 nitrogen and oxygen atoms in total. The number of hydrogen-bond donors (Lipinski definition) is 3. The van der Waals surface area contributed by atoms with E-state index in [1.807, 2.05) is 12.1 Å². The number of benzene rings is 1. The summed E-state index contributed by atoms with van der Waals surface area (Å²) in [5.41, 5.74) is 1.71. The molecule has 1 aromatic carbocycles. The number of hydrogen-bond acceptors (Lipinski definition) is 3. The van der Waals surface area contributed by atoms with Crippen LogP contribution in [0.1, 0.15) is 11.1 Å². The van der Waals surface area contributed by atoms with E-state index in [9.17, 15) is 9.59 Å². The summed E-state index contributed by atoms with van der Waals surface area (Å²) in [6.07, 6.45) is -1.57. The lowest BCUT2D eigenvalue weighted by atomic mass is 10.1. The number of ether oxygens (including phenoxy) is 1. The van der Waals surface area contributed by atoms with Crippen LogP contribution in [-0.2, 0) is 17.8 Å². The van der Waals surface area contributed by atoms with Gasteiger partial charge in [-0.25, -0.2) is 9.59 Å². The van der Waals surface area contributed by atoms with Crippen LogP contribution in [-0.4, -0.2) is 24.4 Å². The lowest BCUT2D eigenvalue weighted by molar-refractivity contribution is 0.170. The van der Waals surface area contributed by atoms with E-state index in [1.165, 1.54) is 7.11 Å². The van der Waals surface area contributed by atoms with Gasteiger partial charge in [-0.2, -0.15) is 0 Å². The van der Waals surface area contributed by atoms with Crippen molar-refractivity contribution >= 4 is 12.2 Å². The Labute approximate surface area is 98.6 Å². The summed E-state index contributed by atoms with van der Waals surface area (Å²) in [5, 5.41) is 13.3. The topological polar surface area (TPSA) is 87.7 Å². The van der Waals surface area contributed by atoms with Crippen LogP contribution in [0.25, 0.3) is 0 Å². The molecule has 0 aliphatic rings. The fraction of sp³-hybridized carbons (Fsp3) is 0.273. The van der Waals surface area contributed by atoms with Crippen LogP contribution < -0.4 is 10.6 Å². The highest BCUT2D eigenvalue weighted by Crippen LogP contribution is 2.05. The van der Waals surface area contributed by atoms with Crippen LogP contribution in [0.15, 0.2) is 24.3 Å². The van der Waals surface area contributed by atoms with Gasteiger partial charge < -0.3 is 20.5 Å². The van der Waals surface area contributed by atoms with Crippen LogP contribution in [0.3, 0.4) is 0 Å². The second-order valence-corrected chi connectivity index (χ2v) is 3.32. The fourth-order valence-corrected chi connectivity index (χ4v) is 1.27. The molecule has 0 fully saturated rings. The molecule has 0 radical (unpaired) electrons. The Morgan fingerprint density at radius 2 is 1.82 bits per heavy atom. The molecule has 0 aliphatic carbocycles. The lowest BCUT2D eigenvalue weighted by Gasteiger charge is -2.06. The molecule has 0 saturated heterocycles. The number of alkyl carbamates (subject to hydrolysis) is 1. The first-order valence-corrected chi connectivity index (χ1v) is 4.98. The van der Waals surface area contributed by atoms with Gasteiger partial charge in [0.15, 0.2) is 0 Å². The van der Waals surface area contributed by atoms with Crippen molar-refractivity contribution in [1.29, 1.82) is 0 Å². The molecular formula is C11H14N2O4. The van der Waals surface area contributed by atoms with Crippen LogP contribution in [0.2, 0.25) is 0 Å². The molecule has 17 heavy (non-hydrogen) atoms. The van der Waals surface area contributed by atoms with E-state index in [0.717, 1.165) is 11.1 Å². The third kappa shape index (κ3) is 4.87. The first kappa shape index (κ1) is 12.8. The molecule has 0 aromatic heterocycles. The summed E-state index contributed by atoms with van der Waals surface area (Å²) >= 11 is 0. The molecule has 0 spiro atoms. The molecule has 0 saturated carbocycles. The average molecular weight is 238 g/mol. The molecule has 2 amide bonds. The predicted octanol–water partition coefficient (Wildman–Crippen LogP) is 1.31. The van der Waals surface area contributed by atoms with Crippen molar-refractivity contribution in [2.24, 2.45) is 0 Å². The Kier molecular flexibility index (Phi) is 4.80. The monoisotopic (exact) mass is 238 g/mol. The first-order valence-electron chi connectivity index (χ1n) is 4.98. The zero-order valence-corrected chi connectivity index (χ0v) is 9.40. The van der Waals surface area contributed by atoms with Gasteiger partial charge in [0.25, 0.3) is 0 Å². The van der Waals surface area contributed by atoms with Crippen LogP contribution in [0, 0.1) is 0 Å². The number of carbonyl (C=O) groups excluding carboxylic acids is 1. The Morgan fingerprint density at radius 1 is 1.24 bits per heavy atom. The van der Waals surface area contributed by atoms with Crippen LogP contribution in [0.5, 0.6) is 0 Å². The summed E-state index contributed by atoms with van der Waals surface area (Å²) in [4.78, 5) is 21.2. The van der Waals surface area contributed by atoms with Gasteiger partial charge in [-0.15, -0.1) is 0 Å². The maximum Gasteiger partial charge on any atom is 0.407 e. The Balaban J connectivity index is 2.53. The molecule has 3 N–H and O–H groups in total. The van der Waals surface area contributed by atoms with Crippen molar-refractivity contribution in [3.8, 4) is 0 Å². The molecule has 0 unspecified atom stereocenters. The number of carboxylic acid groups (broad SMARTS) is 1. The summed E-state index contributed by atoms with van der Waals surface area (Å²) in [5.74, 6) is 0. The van der Waals surface area contributed by atoms with Crippen molar-refractivity contribution in [2.75, 3.05) is 7.11 Å². The van der Waals surface area contributed by atoms with Gasteiger partial charge in [-0.3, -0.25) is 0 Å². The number of methoxy groups -OCH3 is 1. The van der Waals surface area contributed by atoms with E-state index in [1.54, 1.807) is 12.1 Å². The third-order valence-electron chi connectivity index (χ3n) is 2.06. The molecular weight excluding hydrogens is 224 g/mol. The minimum atomic E-state index is -1.07. The zero-order valence-electron chi connectivity index (χ0n) is 9.40. The lowest BCUT2D eigenvalue weighted by Crippen LogP contribution is -2.23. The fourth-order valence-electron chi connectivity index (χ4n) is 1.27. The minimum Gasteiger partial charge on any atom is -0.465 e. The van der Waals surface area contributed by atoms with Gasteiger partial charge in [0.2, 0.25) is 0 Å². The van der Waals surface area contributed by atoms with Gasteiger partial charge >= 0.3 is 12.2 Å². The highest BCUT2D eigenvalue weighted by molar-refractivity contribution is 5.66. The van der Waals surface area contributed by atoms with Gasteiger partial charge in [-0.05, 0) is 11.1 Å². The Hall–Kier alpha value is -2.24. The quantitative estimate of drug-likeness (QED) is 0.738. The van der Waals surface area contributed by atoms with E-state index in [2.05, 4.69) is 15.4 Å². The van der Waals surface area contributed by atoms with Crippen molar-refractivity contribution in [1.82, 2.24) is 10.6 Å². The van der Waals surface area contributed by atoms with Crippen LogP contribution in [0.4, 0.5) is 9.59 Å². The molecule has 92 valence electrons. The maximum absolute atomic E-state index is 10.9. The van der Waals surface area contributed by atoms with Crippen molar-refractivity contribution in [3.05, 3.63) is 35.4 Å². The highest BCUT2D eigenvalue weighted by atomic mass is 16.5. The number of nitrogens with one attached hydrogen (secondary N) is 2. The van der Waals surface area contributed by atoms with Crippen molar-refractivity contribution in [3.63, 3.8) is 0 Å². The number of rotatable bonds is 4. The normalized spacial score (nSPS) is 9.47. The number of amides is 2. The van der Waals surface area contributed by atoms with E-state index in [-0.39, 0.29) is 6.54 Å². The Bertz CT molecular complexity index is 406. The zero-order chi connectivity index (χ0) is 12.7. The SMILES string of the molecule is COC(=O)NCc1cccc(CNC(=O)O)c1. The van der Waals surface area contributed by atoms with Gasteiger partial charge in [0.1, 0.15) is 0 Å². The van der Waals surface area contributed by atoms with Gasteiger partial charge in [0.05, 0.1) is 7.11 Å². The van der Waals surface area contributed by atoms with E-state index in [4.69, 9.17) is 5.11 Å². The largest absolute Gasteiger partial charge is 0.465 e. The standard InChI is InChI=1S/C11H14N2O4/c1-17-11(16)13-7-9-4-2-3-8(5-9)6-12-10(14)15/h2-5,12H,6-7H2,1H3,(H,13,16)(H,14,15). The first-order chi connectivity index (χ1) is 8.11. The minimum absolute atomic E-state index is 0.237. The molecule has 0 aliphatic heterocycles. The van der Waals surface area contributed by atoms with Gasteiger partial charge in [-0.1, -0.05) is 24.3 Å². The molecule has 0 atom stereocenters. The Morgan fingerprint density at radius 3 is 2.35 bits per heavy atom. The molecule has 0 bridgehead atoms. The molecule has 1 aromatic rings. The molecule has 6 heteroatoms. The summed E-state index contributed by atoms with van der Waals surface area (Å²) in [6, 6.07) is 7.25. The summed E-state index contributed by atoms with van der Waals surface area (Å²) in [7, 11) is 1.29. The smallest absolute Gasteiger partial charge is 0.407 e. The average Bonchev–Trinajstić information content (AvgIpc) is 2.34. The van der Waals surface area contributed by atoms with Crippen molar-refractivity contribution < 1.29 is 19.4 Å². The van der Waals surface area contributed by atoms with E-state index in [0.29, 0.717) is 6.54 Å². The summed E-state index contributed by atoms with van der Waals surface area (Å²) < 4.78 is 4.44. The van der Waals surface area contributed by atoms with E-state index < -0.39 is 12.2 Å². The second-order valence-electron chi connectivity index (χ2n) is 3.32. The van der Waals surface area contributed by atoms with Crippen molar-refractivity contribution in [2.45, 2.75) is 13.1 Å².